The minimum Gasteiger partial charge on any atom is -0.494 e. The minimum absolute atomic E-state index is 0. The summed E-state index contributed by atoms with van der Waals surface area (Å²) in [5.41, 5.74) is 1.54. The maximum Gasteiger partial charge on any atom is 0.254 e. The molecular weight excluding hydrogens is 318 g/mol. The summed E-state index contributed by atoms with van der Waals surface area (Å²) in [6.07, 6.45) is 0.720. The Morgan fingerprint density at radius 3 is 2.57 bits per heavy atom. The lowest BCUT2D eigenvalue weighted by atomic mass is 10.1. The standard InChI is InChI=1S/C16H19N3O3.ClH/c1-2-21-11-3-5-12(6-4-11)22-10-15-18-14-9-17-8-7-13(14)16(20)19-15;/h3-6,17H,2,7-10H2,1H3,(H,18,19,20);1H. The van der Waals surface area contributed by atoms with E-state index in [4.69, 9.17) is 9.47 Å². The molecule has 0 amide bonds. The monoisotopic (exact) mass is 337 g/mol. The first-order valence-corrected chi connectivity index (χ1v) is 7.43. The topological polar surface area (TPSA) is 76.2 Å². The maximum absolute atomic E-state index is 12.0. The molecule has 0 fully saturated rings. The van der Waals surface area contributed by atoms with Gasteiger partial charge in [-0.25, -0.2) is 4.98 Å². The number of ether oxygens (including phenoxy) is 2. The molecule has 1 aromatic heterocycles. The molecule has 2 heterocycles. The number of hydrogen-bond acceptors (Lipinski definition) is 5. The van der Waals surface area contributed by atoms with Crippen molar-refractivity contribution in [3.05, 3.63) is 51.7 Å². The first kappa shape index (κ1) is 17.3. The number of nitrogens with zero attached hydrogens (tertiary/aromatic N) is 1. The molecule has 3 rings (SSSR count). The molecule has 0 saturated carbocycles. The average Bonchev–Trinajstić information content (AvgIpc) is 2.55. The largest absolute Gasteiger partial charge is 0.494 e. The van der Waals surface area contributed by atoms with Crippen LogP contribution < -0.4 is 20.3 Å². The highest BCUT2D eigenvalue weighted by atomic mass is 35.5. The van der Waals surface area contributed by atoms with E-state index in [9.17, 15) is 4.79 Å². The van der Waals surface area contributed by atoms with Crippen LogP contribution in [0.5, 0.6) is 11.5 Å². The van der Waals surface area contributed by atoms with Crippen molar-refractivity contribution in [1.29, 1.82) is 0 Å². The van der Waals surface area contributed by atoms with E-state index in [0.717, 1.165) is 30.0 Å². The van der Waals surface area contributed by atoms with Crippen LogP contribution in [-0.2, 0) is 19.6 Å². The Labute approximate surface area is 140 Å². The first-order valence-electron chi connectivity index (χ1n) is 7.43. The molecule has 1 aromatic carbocycles. The predicted octanol–water partition coefficient (Wildman–Crippen LogP) is 1.82. The third-order valence-corrected chi connectivity index (χ3v) is 3.50. The quantitative estimate of drug-likeness (QED) is 0.870. The molecule has 124 valence electrons. The Kier molecular flexibility index (Phi) is 6.01. The van der Waals surface area contributed by atoms with E-state index in [0.29, 0.717) is 24.7 Å². The van der Waals surface area contributed by atoms with Gasteiger partial charge >= 0.3 is 0 Å². The predicted molar refractivity (Wildman–Crippen MR) is 89.5 cm³/mol. The van der Waals surface area contributed by atoms with Crippen LogP contribution in [0.3, 0.4) is 0 Å². The van der Waals surface area contributed by atoms with Crippen LogP contribution in [0.25, 0.3) is 0 Å². The average molecular weight is 338 g/mol. The molecule has 1 aliphatic rings. The van der Waals surface area contributed by atoms with Crippen LogP contribution in [-0.4, -0.2) is 23.1 Å². The van der Waals surface area contributed by atoms with E-state index in [1.807, 2.05) is 31.2 Å². The zero-order valence-electron chi connectivity index (χ0n) is 12.9. The summed E-state index contributed by atoms with van der Waals surface area (Å²) in [4.78, 5) is 19.3. The van der Waals surface area contributed by atoms with Gasteiger partial charge in [0.25, 0.3) is 5.56 Å². The second kappa shape index (κ2) is 7.99. The molecule has 0 bridgehead atoms. The summed E-state index contributed by atoms with van der Waals surface area (Å²) < 4.78 is 11.0. The summed E-state index contributed by atoms with van der Waals surface area (Å²) in [7, 11) is 0. The van der Waals surface area contributed by atoms with Gasteiger partial charge in [0.2, 0.25) is 0 Å². The lowest BCUT2D eigenvalue weighted by Crippen LogP contribution is -2.32. The van der Waals surface area contributed by atoms with Crippen molar-refractivity contribution in [3.63, 3.8) is 0 Å². The third kappa shape index (κ3) is 4.24. The van der Waals surface area contributed by atoms with Gasteiger partial charge in [0.05, 0.1) is 12.3 Å². The van der Waals surface area contributed by atoms with Crippen LogP contribution in [0.1, 0.15) is 24.0 Å². The van der Waals surface area contributed by atoms with Crippen molar-refractivity contribution in [2.45, 2.75) is 26.5 Å². The highest BCUT2D eigenvalue weighted by Crippen LogP contribution is 2.18. The molecule has 6 nitrogen and oxygen atoms in total. The molecule has 0 unspecified atom stereocenters. The van der Waals surface area contributed by atoms with Gasteiger partial charge in [-0.2, -0.15) is 0 Å². The van der Waals surface area contributed by atoms with E-state index >= 15 is 0 Å². The fraction of sp³-hybridized carbons (Fsp3) is 0.375. The third-order valence-electron chi connectivity index (χ3n) is 3.50. The molecule has 7 heteroatoms. The summed E-state index contributed by atoms with van der Waals surface area (Å²) >= 11 is 0. The van der Waals surface area contributed by atoms with E-state index < -0.39 is 0 Å². The smallest absolute Gasteiger partial charge is 0.254 e. The van der Waals surface area contributed by atoms with Crippen molar-refractivity contribution < 1.29 is 9.47 Å². The number of benzene rings is 1. The number of aromatic amines is 1. The molecule has 0 spiro atoms. The van der Waals surface area contributed by atoms with Gasteiger partial charge in [0.1, 0.15) is 23.9 Å². The molecule has 0 saturated heterocycles. The van der Waals surface area contributed by atoms with Crippen molar-refractivity contribution in [1.82, 2.24) is 15.3 Å². The molecule has 23 heavy (non-hydrogen) atoms. The highest BCUT2D eigenvalue weighted by Gasteiger charge is 2.15. The zero-order valence-corrected chi connectivity index (χ0v) is 13.7. The Morgan fingerprint density at radius 2 is 1.87 bits per heavy atom. The van der Waals surface area contributed by atoms with E-state index in [1.54, 1.807) is 0 Å². The van der Waals surface area contributed by atoms with Crippen molar-refractivity contribution >= 4 is 12.4 Å². The number of rotatable bonds is 5. The Morgan fingerprint density at radius 1 is 1.17 bits per heavy atom. The molecule has 1 aliphatic heterocycles. The van der Waals surface area contributed by atoms with Crippen LogP contribution >= 0.6 is 12.4 Å². The zero-order chi connectivity index (χ0) is 15.4. The summed E-state index contributed by atoms with van der Waals surface area (Å²) in [6.45, 7) is 4.26. The maximum atomic E-state index is 12.0. The molecule has 0 radical (unpaired) electrons. The number of H-pyrrole nitrogens is 1. The van der Waals surface area contributed by atoms with E-state index in [2.05, 4.69) is 15.3 Å². The number of hydrogen-bond donors (Lipinski definition) is 2. The van der Waals surface area contributed by atoms with E-state index in [-0.39, 0.29) is 24.6 Å². The molecule has 0 atom stereocenters. The molecular formula is C16H20ClN3O3. The summed E-state index contributed by atoms with van der Waals surface area (Å²) in [5, 5.41) is 3.22. The van der Waals surface area contributed by atoms with Gasteiger partial charge in [-0.15, -0.1) is 12.4 Å². The lowest BCUT2D eigenvalue weighted by Gasteiger charge is -2.16. The van der Waals surface area contributed by atoms with Gasteiger partial charge in [0, 0.05) is 12.1 Å². The van der Waals surface area contributed by atoms with Crippen LogP contribution in [0, 0.1) is 0 Å². The van der Waals surface area contributed by atoms with Crippen LogP contribution in [0.2, 0.25) is 0 Å². The van der Waals surface area contributed by atoms with Crippen LogP contribution in [0.15, 0.2) is 29.1 Å². The van der Waals surface area contributed by atoms with Crippen molar-refractivity contribution in [2.75, 3.05) is 13.2 Å². The first-order chi connectivity index (χ1) is 10.8. The molecule has 2 N–H and O–H groups in total. The SMILES string of the molecule is CCOc1ccc(OCc2nc3c(c(=O)[nH]2)CCNC3)cc1.Cl. The second-order valence-corrected chi connectivity index (χ2v) is 5.06. The summed E-state index contributed by atoms with van der Waals surface area (Å²) in [6, 6.07) is 7.38. The van der Waals surface area contributed by atoms with Gasteiger partial charge in [0.15, 0.2) is 0 Å². The Bertz CT molecular complexity index is 701. The second-order valence-electron chi connectivity index (χ2n) is 5.06. The summed E-state index contributed by atoms with van der Waals surface area (Å²) in [5.74, 6) is 2.06. The van der Waals surface area contributed by atoms with Gasteiger partial charge < -0.3 is 19.8 Å². The van der Waals surface area contributed by atoms with E-state index in [1.165, 1.54) is 0 Å². The normalized spacial score (nSPS) is 12.9. The number of fused-ring (bicyclic) bond motifs is 1. The fourth-order valence-electron chi connectivity index (χ4n) is 2.44. The highest BCUT2D eigenvalue weighted by molar-refractivity contribution is 5.85. The number of nitrogens with one attached hydrogen (secondary N) is 2. The molecule has 0 aliphatic carbocycles. The number of aromatic nitrogens is 2. The molecule has 2 aromatic rings. The van der Waals surface area contributed by atoms with Gasteiger partial charge in [-0.3, -0.25) is 4.79 Å². The van der Waals surface area contributed by atoms with Gasteiger partial charge in [-0.1, -0.05) is 0 Å². The Hall–Kier alpha value is -2.05. The minimum atomic E-state index is -0.0585. The Balaban J connectivity index is 0.00000192. The number of halogens is 1. The van der Waals surface area contributed by atoms with Crippen LogP contribution in [0.4, 0.5) is 0 Å². The van der Waals surface area contributed by atoms with Gasteiger partial charge in [-0.05, 0) is 44.2 Å². The van der Waals surface area contributed by atoms with Crippen molar-refractivity contribution in [3.8, 4) is 11.5 Å². The van der Waals surface area contributed by atoms with Crippen molar-refractivity contribution in [2.24, 2.45) is 0 Å². The fourth-order valence-corrected chi connectivity index (χ4v) is 2.44. The lowest BCUT2D eigenvalue weighted by molar-refractivity contribution is 0.293.